The van der Waals surface area contributed by atoms with Crippen molar-refractivity contribution < 1.29 is 4.79 Å². The molecule has 0 bridgehead atoms. The average Bonchev–Trinajstić information content (AvgIpc) is 2.26. The first-order valence-electron chi connectivity index (χ1n) is 4.72. The molecule has 0 aliphatic rings. The number of amides is 1. The molecule has 0 aliphatic heterocycles. The SMILES string of the molecule is CCC(=O)N/N=C(\C)c1ccc(Cl)cc1. The summed E-state index contributed by atoms with van der Waals surface area (Å²) in [6, 6.07) is 7.30. The number of nitrogens with one attached hydrogen (secondary N) is 1. The van der Waals surface area contributed by atoms with Crippen molar-refractivity contribution in [3.05, 3.63) is 34.9 Å². The van der Waals surface area contributed by atoms with Gasteiger partial charge in [0.25, 0.3) is 0 Å². The van der Waals surface area contributed by atoms with Crippen molar-refractivity contribution in [3.8, 4) is 0 Å². The van der Waals surface area contributed by atoms with Gasteiger partial charge in [0.1, 0.15) is 0 Å². The highest BCUT2D eigenvalue weighted by Gasteiger charge is 1.98. The van der Waals surface area contributed by atoms with Gasteiger partial charge < -0.3 is 0 Å². The van der Waals surface area contributed by atoms with Crippen LogP contribution in [0.3, 0.4) is 0 Å². The van der Waals surface area contributed by atoms with E-state index in [4.69, 9.17) is 11.6 Å². The summed E-state index contributed by atoms with van der Waals surface area (Å²) in [4.78, 5) is 11.0. The summed E-state index contributed by atoms with van der Waals surface area (Å²) in [6.07, 6.45) is 0.428. The number of carbonyl (C=O) groups is 1. The normalized spacial score (nSPS) is 11.3. The van der Waals surface area contributed by atoms with Gasteiger partial charge in [-0.2, -0.15) is 5.10 Å². The van der Waals surface area contributed by atoms with E-state index in [1.165, 1.54) is 0 Å². The summed E-state index contributed by atoms with van der Waals surface area (Å²) in [5, 5.41) is 4.65. The molecule has 1 N–H and O–H groups in total. The third kappa shape index (κ3) is 3.72. The van der Waals surface area contributed by atoms with Crippen LogP contribution < -0.4 is 5.43 Å². The van der Waals surface area contributed by atoms with Crippen LogP contribution in [0.15, 0.2) is 29.4 Å². The molecule has 1 aromatic carbocycles. The second-order valence-corrected chi connectivity index (χ2v) is 3.53. The Bertz CT molecular complexity index is 371. The molecule has 1 amide bonds. The molecule has 0 radical (unpaired) electrons. The number of hydrogen-bond donors (Lipinski definition) is 1. The summed E-state index contributed by atoms with van der Waals surface area (Å²) >= 11 is 5.76. The molecule has 0 saturated heterocycles. The van der Waals surface area contributed by atoms with Crippen molar-refractivity contribution in [1.82, 2.24) is 5.43 Å². The van der Waals surface area contributed by atoms with E-state index in [2.05, 4.69) is 10.5 Å². The summed E-state index contributed by atoms with van der Waals surface area (Å²) in [5.41, 5.74) is 4.16. The van der Waals surface area contributed by atoms with Crippen LogP contribution in [0.2, 0.25) is 5.02 Å². The van der Waals surface area contributed by atoms with E-state index in [1.54, 1.807) is 19.1 Å². The van der Waals surface area contributed by atoms with Gasteiger partial charge in [0.2, 0.25) is 5.91 Å². The van der Waals surface area contributed by atoms with Crippen LogP contribution in [-0.2, 0) is 4.79 Å². The zero-order chi connectivity index (χ0) is 11.3. The Morgan fingerprint density at radius 2 is 2.00 bits per heavy atom. The van der Waals surface area contributed by atoms with E-state index in [0.717, 1.165) is 11.3 Å². The summed E-state index contributed by atoms with van der Waals surface area (Å²) in [6.45, 7) is 3.61. The predicted octanol–water partition coefficient (Wildman–Crippen LogP) is 2.59. The highest BCUT2D eigenvalue weighted by atomic mass is 35.5. The van der Waals surface area contributed by atoms with Crippen LogP contribution in [0.1, 0.15) is 25.8 Å². The van der Waals surface area contributed by atoms with E-state index in [-0.39, 0.29) is 5.91 Å². The first kappa shape index (κ1) is 11.7. The highest BCUT2D eigenvalue weighted by Crippen LogP contribution is 2.09. The molecule has 3 nitrogen and oxygen atoms in total. The van der Waals surface area contributed by atoms with Gasteiger partial charge in [-0.1, -0.05) is 30.7 Å². The minimum atomic E-state index is -0.0942. The lowest BCUT2D eigenvalue weighted by molar-refractivity contribution is -0.120. The zero-order valence-electron chi connectivity index (χ0n) is 8.75. The van der Waals surface area contributed by atoms with E-state index in [0.29, 0.717) is 11.4 Å². The standard InChI is InChI=1S/C11H13ClN2O/c1-3-11(15)14-13-8(2)9-4-6-10(12)7-5-9/h4-7H,3H2,1-2H3,(H,14,15)/b13-8+. The molecule has 0 unspecified atom stereocenters. The Labute approximate surface area is 94.1 Å². The highest BCUT2D eigenvalue weighted by molar-refractivity contribution is 6.30. The van der Waals surface area contributed by atoms with Crippen LogP contribution in [0.5, 0.6) is 0 Å². The number of benzene rings is 1. The Balaban J connectivity index is 2.71. The molecule has 1 rings (SSSR count). The molecule has 0 spiro atoms. The van der Waals surface area contributed by atoms with Crippen molar-refractivity contribution in [3.63, 3.8) is 0 Å². The maximum atomic E-state index is 11.0. The molecule has 0 saturated carbocycles. The van der Waals surface area contributed by atoms with Crippen molar-refractivity contribution in [2.75, 3.05) is 0 Å². The lowest BCUT2D eigenvalue weighted by atomic mass is 10.1. The van der Waals surface area contributed by atoms with Gasteiger partial charge >= 0.3 is 0 Å². The summed E-state index contributed by atoms with van der Waals surface area (Å²) in [7, 11) is 0. The van der Waals surface area contributed by atoms with Crippen molar-refractivity contribution in [1.29, 1.82) is 0 Å². The third-order valence-corrected chi connectivity index (χ3v) is 2.18. The molecule has 15 heavy (non-hydrogen) atoms. The molecule has 80 valence electrons. The topological polar surface area (TPSA) is 41.5 Å². The molecule has 0 fully saturated rings. The van der Waals surface area contributed by atoms with Gasteiger partial charge in [-0.15, -0.1) is 0 Å². The molecule has 0 aromatic heterocycles. The number of carbonyl (C=O) groups excluding carboxylic acids is 1. The first-order valence-corrected chi connectivity index (χ1v) is 5.10. The maximum Gasteiger partial charge on any atom is 0.239 e. The lowest BCUT2D eigenvalue weighted by Crippen LogP contribution is -2.17. The summed E-state index contributed by atoms with van der Waals surface area (Å²) < 4.78 is 0. The molecule has 0 heterocycles. The fourth-order valence-corrected chi connectivity index (χ4v) is 1.11. The fourth-order valence-electron chi connectivity index (χ4n) is 0.981. The largest absolute Gasteiger partial charge is 0.273 e. The Morgan fingerprint density at radius 3 is 2.53 bits per heavy atom. The van der Waals surface area contributed by atoms with Crippen molar-refractivity contribution in [2.45, 2.75) is 20.3 Å². The van der Waals surface area contributed by atoms with Gasteiger partial charge in [-0.25, -0.2) is 5.43 Å². The Kier molecular flexibility index (Phi) is 4.31. The zero-order valence-corrected chi connectivity index (χ0v) is 9.51. The third-order valence-electron chi connectivity index (χ3n) is 1.93. The molecule has 0 atom stereocenters. The van der Waals surface area contributed by atoms with Crippen LogP contribution in [-0.4, -0.2) is 11.6 Å². The second kappa shape index (κ2) is 5.51. The predicted molar refractivity (Wildman–Crippen MR) is 62.1 cm³/mol. The van der Waals surface area contributed by atoms with Gasteiger partial charge in [0.15, 0.2) is 0 Å². The molecule has 0 aliphatic carbocycles. The first-order chi connectivity index (χ1) is 7.13. The number of nitrogens with zero attached hydrogens (tertiary/aromatic N) is 1. The minimum Gasteiger partial charge on any atom is -0.273 e. The lowest BCUT2D eigenvalue weighted by Gasteiger charge is -2.01. The van der Waals surface area contributed by atoms with Crippen LogP contribution in [0.4, 0.5) is 0 Å². The van der Waals surface area contributed by atoms with Crippen molar-refractivity contribution >= 4 is 23.2 Å². The molecule has 4 heteroatoms. The maximum absolute atomic E-state index is 11.0. The number of hydrogen-bond acceptors (Lipinski definition) is 2. The van der Waals surface area contributed by atoms with E-state index in [1.807, 2.05) is 19.1 Å². The van der Waals surface area contributed by atoms with Crippen LogP contribution in [0, 0.1) is 0 Å². The van der Waals surface area contributed by atoms with Crippen LogP contribution in [0.25, 0.3) is 0 Å². The molecule has 1 aromatic rings. The van der Waals surface area contributed by atoms with Gasteiger partial charge in [-0.05, 0) is 24.6 Å². The number of halogens is 1. The minimum absolute atomic E-state index is 0.0942. The molecular formula is C11H13ClN2O. The smallest absolute Gasteiger partial charge is 0.239 e. The van der Waals surface area contributed by atoms with Gasteiger partial charge in [0.05, 0.1) is 5.71 Å². The van der Waals surface area contributed by atoms with E-state index in [9.17, 15) is 4.79 Å². The monoisotopic (exact) mass is 224 g/mol. The van der Waals surface area contributed by atoms with E-state index < -0.39 is 0 Å². The van der Waals surface area contributed by atoms with Gasteiger partial charge in [-0.3, -0.25) is 4.79 Å². The molecular weight excluding hydrogens is 212 g/mol. The Hall–Kier alpha value is -1.35. The fraction of sp³-hybridized carbons (Fsp3) is 0.273. The summed E-state index contributed by atoms with van der Waals surface area (Å²) in [5.74, 6) is -0.0942. The number of hydrazone groups is 1. The quantitative estimate of drug-likeness (QED) is 0.622. The van der Waals surface area contributed by atoms with E-state index >= 15 is 0 Å². The Morgan fingerprint density at radius 1 is 1.40 bits per heavy atom. The average molecular weight is 225 g/mol. The van der Waals surface area contributed by atoms with Crippen LogP contribution >= 0.6 is 11.6 Å². The van der Waals surface area contributed by atoms with Gasteiger partial charge in [0, 0.05) is 11.4 Å². The second-order valence-electron chi connectivity index (χ2n) is 3.09. The van der Waals surface area contributed by atoms with Crippen molar-refractivity contribution in [2.24, 2.45) is 5.10 Å². The number of rotatable bonds is 3.